The van der Waals surface area contributed by atoms with E-state index in [0.717, 1.165) is 11.5 Å². The fourth-order valence-electron chi connectivity index (χ4n) is 1.54. The standard InChI is InChI=1S/C15H21N3O2/c1-5-11-16-12(3)18(4)14-9-7-13(8-10-14)17-15(19)20-6-2/h5,7-10H,1,6,11H2,2-4H3,(H,17,19). The summed E-state index contributed by atoms with van der Waals surface area (Å²) in [5.74, 6) is 0.899. The topological polar surface area (TPSA) is 53.9 Å². The van der Waals surface area contributed by atoms with Crippen molar-refractivity contribution in [3.63, 3.8) is 0 Å². The van der Waals surface area contributed by atoms with Gasteiger partial charge in [0, 0.05) is 18.4 Å². The number of ether oxygens (including phenoxy) is 1. The van der Waals surface area contributed by atoms with E-state index >= 15 is 0 Å². The number of benzene rings is 1. The van der Waals surface area contributed by atoms with Gasteiger partial charge in [0.15, 0.2) is 0 Å². The quantitative estimate of drug-likeness (QED) is 0.509. The third kappa shape index (κ3) is 4.76. The molecule has 0 bridgehead atoms. The van der Waals surface area contributed by atoms with Crippen LogP contribution in [0.25, 0.3) is 0 Å². The van der Waals surface area contributed by atoms with E-state index in [1.54, 1.807) is 13.0 Å². The first-order valence-electron chi connectivity index (χ1n) is 6.48. The summed E-state index contributed by atoms with van der Waals surface area (Å²) in [5.41, 5.74) is 1.69. The minimum absolute atomic E-state index is 0.353. The SMILES string of the molecule is C=CCN=C(C)N(C)c1ccc(NC(=O)OCC)cc1. The highest BCUT2D eigenvalue weighted by atomic mass is 16.5. The molecule has 0 saturated carbocycles. The Morgan fingerprint density at radius 2 is 2.10 bits per heavy atom. The fourth-order valence-corrected chi connectivity index (χ4v) is 1.54. The molecule has 5 heteroatoms. The van der Waals surface area contributed by atoms with Crippen LogP contribution in [-0.4, -0.2) is 32.1 Å². The van der Waals surface area contributed by atoms with E-state index in [1.807, 2.05) is 43.1 Å². The molecule has 1 rings (SSSR count). The van der Waals surface area contributed by atoms with Crippen molar-refractivity contribution in [2.75, 3.05) is 30.4 Å². The molecule has 5 nitrogen and oxygen atoms in total. The molecule has 20 heavy (non-hydrogen) atoms. The molecule has 0 aliphatic rings. The first-order chi connectivity index (χ1) is 9.58. The highest BCUT2D eigenvalue weighted by molar-refractivity contribution is 5.95. The molecule has 0 aliphatic heterocycles. The number of amides is 1. The number of anilines is 2. The first kappa shape index (κ1) is 15.8. The van der Waals surface area contributed by atoms with Crippen molar-refractivity contribution >= 4 is 23.3 Å². The highest BCUT2D eigenvalue weighted by Crippen LogP contribution is 2.17. The van der Waals surface area contributed by atoms with Crippen LogP contribution in [0.5, 0.6) is 0 Å². The van der Waals surface area contributed by atoms with Gasteiger partial charge in [-0.1, -0.05) is 6.08 Å². The predicted molar refractivity (Wildman–Crippen MR) is 83.7 cm³/mol. The summed E-state index contributed by atoms with van der Waals surface area (Å²) < 4.78 is 4.82. The van der Waals surface area contributed by atoms with Gasteiger partial charge in [0.2, 0.25) is 0 Å². The Hall–Kier alpha value is -2.30. The predicted octanol–water partition coefficient (Wildman–Crippen LogP) is 3.30. The summed E-state index contributed by atoms with van der Waals surface area (Å²) in [5, 5.41) is 2.65. The van der Waals surface area contributed by atoms with Gasteiger partial charge >= 0.3 is 6.09 Å². The highest BCUT2D eigenvalue weighted by Gasteiger charge is 2.05. The van der Waals surface area contributed by atoms with Crippen LogP contribution in [0.2, 0.25) is 0 Å². The second kappa shape index (κ2) is 7.99. The summed E-state index contributed by atoms with van der Waals surface area (Å²) in [6.45, 7) is 8.30. The lowest BCUT2D eigenvalue weighted by Crippen LogP contribution is -2.23. The van der Waals surface area contributed by atoms with Crippen LogP contribution in [0.4, 0.5) is 16.2 Å². The average molecular weight is 275 g/mol. The van der Waals surface area contributed by atoms with Crippen molar-refractivity contribution in [1.29, 1.82) is 0 Å². The van der Waals surface area contributed by atoms with Gasteiger partial charge in [-0.05, 0) is 38.1 Å². The maximum atomic E-state index is 11.3. The van der Waals surface area contributed by atoms with Crippen LogP contribution < -0.4 is 10.2 Å². The lowest BCUT2D eigenvalue weighted by molar-refractivity contribution is 0.168. The molecular weight excluding hydrogens is 254 g/mol. The Morgan fingerprint density at radius 3 is 2.65 bits per heavy atom. The number of aliphatic imine (C=N–C) groups is 1. The van der Waals surface area contributed by atoms with Crippen LogP contribution in [0.3, 0.4) is 0 Å². The van der Waals surface area contributed by atoms with Crippen LogP contribution in [-0.2, 0) is 4.74 Å². The van der Waals surface area contributed by atoms with E-state index in [0.29, 0.717) is 18.8 Å². The average Bonchev–Trinajstić information content (AvgIpc) is 2.45. The van der Waals surface area contributed by atoms with Crippen molar-refractivity contribution in [3.05, 3.63) is 36.9 Å². The molecule has 0 aromatic heterocycles. The number of amidine groups is 1. The molecule has 0 spiro atoms. The van der Waals surface area contributed by atoms with Gasteiger partial charge in [0.05, 0.1) is 13.2 Å². The zero-order valence-corrected chi connectivity index (χ0v) is 12.2. The van der Waals surface area contributed by atoms with Crippen LogP contribution in [0.1, 0.15) is 13.8 Å². The van der Waals surface area contributed by atoms with E-state index in [-0.39, 0.29) is 0 Å². The van der Waals surface area contributed by atoms with Crippen LogP contribution >= 0.6 is 0 Å². The monoisotopic (exact) mass is 275 g/mol. The first-order valence-corrected chi connectivity index (χ1v) is 6.48. The second-order valence-electron chi connectivity index (χ2n) is 4.13. The number of nitrogens with zero attached hydrogens (tertiary/aromatic N) is 2. The molecule has 0 aliphatic carbocycles. The number of rotatable bonds is 5. The lowest BCUT2D eigenvalue weighted by atomic mass is 10.2. The van der Waals surface area contributed by atoms with Crippen LogP contribution in [0.15, 0.2) is 41.9 Å². The van der Waals surface area contributed by atoms with Gasteiger partial charge in [-0.3, -0.25) is 10.3 Å². The van der Waals surface area contributed by atoms with Gasteiger partial charge in [-0.25, -0.2) is 4.79 Å². The lowest BCUT2D eigenvalue weighted by Gasteiger charge is -2.19. The molecule has 0 heterocycles. The number of carbonyl (C=O) groups excluding carboxylic acids is 1. The molecular formula is C15H21N3O2. The molecule has 0 fully saturated rings. The Bertz CT molecular complexity index is 480. The Balaban J connectivity index is 2.70. The summed E-state index contributed by atoms with van der Waals surface area (Å²) in [6.07, 6.45) is 1.31. The number of carbonyl (C=O) groups is 1. The van der Waals surface area contributed by atoms with Crippen molar-refractivity contribution < 1.29 is 9.53 Å². The molecule has 1 aromatic carbocycles. The largest absolute Gasteiger partial charge is 0.450 e. The molecule has 0 atom stereocenters. The summed E-state index contributed by atoms with van der Waals surface area (Å²) in [7, 11) is 1.94. The molecule has 0 saturated heterocycles. The zero-order chi connectivity index (χ0) is 15.0. The van der Waals surface area contributed by atoms with E-state index in [2.05, 4.69) is 16.9 Å². The minimum Gasteiger partial charge on any atom is -0.450 e. The second-order valence-corrected chi connectivity index (χ2v) is 4.13. The van der Waals surface area contributed by atoms with Gasteiger partial charge in [0.1, 0.15) is 5.84 Å². The maximum absolute atomic E-state index is 11.3. The van der Waals surface area contributed by atoms with Crippen molar-refractivity contribution in [2.24, 2.45) is 4.99 Å². The fraction of sp³-hybridized carbons (Fsp3) is 0.333. The maximum Gasteiger partial charge on any atom is 0.411 e. The molecule has 1 N–H and O–H groups in total. The molecule has 1 amide bonds. The Labute approximate surface area is 120 Å². The molecule has 1 aromatic rings. The zero-order valence-electron chi connectivity index (χ0n) is 12.2. The third-order valence-electron chi connectivity index (χ3n) is 2.71. The van der Waals surface area contributed by atoms with Gasteiger partial charge in [-0.2, -0.15) is 0 Å². The third-order valence-corrected chi connectivity index (χ3v) is 2.71. The summed E-state index contributed by atoms with van der Waals surface area (Å²) in [6, 6.07) is 7.47. The number of hydrogen-bond donors (Lipinski definition) is 1. The van der Waals surface area contributed by atoms with Crippen LogP contribution in [0, 0.1) is 0 Å². The van der Waals surface area contributed by atoms with E-state index < -0.39 is 6.09 Å². The van der Waals surface area contributed by atoms with Gasteiger partial charge < -0.3 is 9.64 Å². The smallest absolute Gasteiger partial charge is 0.411 e. The Morgan fingerprint density at radius 1 is 1.45 bits per heavy atom. The number of hydrogen-bond acceptors (Lipinski definition) is 3. The summed E-state index contributed by atoms with van der Waals surface area (Å²) in [4.78, 5) is 17.6. The molecule has 108 valence electrons. The van der Waals surface area contributed by atoms with Gasteiger partial charge in [0.25, 0.3) is 0 Å². The number of nitrogens with one attached hydrogen (secondary N) is 1. The minimum atomic E-state index is -0.447. The van der Waals surface area contributed by atoms with Crippen molar-refractivity contribution in [3.8, 4) is 0 Å². The van der Waals surface area contributed by atoms with Gasteiger partial charge in [-0.15, -0.1) is 6.58 Å². The van der Waals surface area contributed by atoms with E-state index in [1.165, 1.54) is 0 Å². The molecule has 0 unspecified atom stereocenters. The van der Waals surface area contributed by atoms with E-state index in [4.69, 9.17) is 4.74 Å². The summed E-state index contributed by atoms with van der Waals surface area (Å²) >= 11 is 0. The van der Waals surface area contributed by atoms with Crippen molar-refractivity contribution in [1.82, 2.24) is 0 Å². The Kier molecular flexibility index (Phi) is 6.29. The molecule has 0 radical (unpaired) electrons. The van der Waals surface area contributed by atoms with Crippen molar-refractivity contribution in [2.45, 2.75) is 13.8 Å². The normalized spacial score (nSPS) is 10.8. The van der Waals surface area contributed by atoms with E-state index in [9.17, 15) is 4.79 Å².